The minimum absolute atomic E-state index is 0.169. The Morgan fingerprint density at radius 3 is 2.42 bits per heavy atom. The summed E-state index contributed by atoms with van der Waals surface area (Å²) in [5, 5.41) is 12.4. The standard InChI is InChI=1S/C15H24N2O2/c1-11(2)9-13(16)14(19)17-15(3,10-18)12-7-5-4-6-8-12/h4-8,11,13,18H,9-10,16H2,1-3H3,(H,17,19). The average Bonchev–Trinajstić information content (AvgIpc) is 2.38. The molecule has 0 radical (unpaired) electrons. The van der Waals surface area contributed by atoms with Crippen LogP contribution in [-0.2, 0) is 10.3 Å². The summed E-state index contributed by atoms with van der Waals surface area (Å²) in [6.07, 6.45) is 0.627. The molecule has 1 rings (SSSR count). The van der Waals surface area contributed by atoms with Gasteiger partial charge in [0.2, 0.25) is 5.91 Å². The van der Waals surface area contributed by atoms with Crippen LogP contribution in [0.2, 0.25) is 0 Å². The summed E-state index contributed by atoms with van der Waals surface area (Å²) in [7, 11) is 0. The monoisotopic (exact) mass is 264 g/mol. The fourth-order valence-corrected chi connectivity index (χ4v) is 1.99. The van der Waals surface area contributed by atoms with Crippen LogP contribution in [0.15, 0.2) is 30.3 Å². The normalized spacial score (nSPS) is 15.9. The number of carbonyl (C=O) groups excluding carboxylic acids is 1. The van der Waals surface area contributed by atoms with E-state index in [4.69, 9.17) is 5.73 Å². The lowest BCUT2D eigenvalue weighted by molar-refractivity contribution is -0.125. The zero-order valence-corrected chi connectivity index (χ0v) is 11.9. The zero-order chi connectivity index (χ0) is 14.5. The molecule has 106 valence electrons. The molecule has 0 saturated heterocycles. The highest BCUT2D eigenvalue weighted by molar-refractivity contribution is 5.82. The number of carbonyl (C=O) groups is 1. The number of nitrogens with two attached hydrogens (primary N) is 1. The second-order valence-electron chi connectivity index (χ2n) is 5.58. The first-order chi connectivity index (χ1) is 8.89. The number of benzene rings is 1. The molecule has 0 aliphatic heterocycles. The minimum atomic E-state index is -0.799. The van der Waals surface area contributed by atoms with E-state index in [2.05, 4.69) is 5.32 Å². The Morgan fingerprint density at radius 1 is 1.37 bits per heavy atom. The van der Waals surface area contributed by atoms with Crippen molar-refractivity contribution in [2.45, 2.75) is 38.8 Å². The first-order valence-corrected chi connectivity index (χ1v) is 6.63. The van der Waals surface area contributed by atoms with Crippen molar-refractivity contribution in [2.24, 2.45) is 11.7 Å². The smallest absolute Gasteiger partial charge is 0.237 e. The molecule has 19 heavy (non-hydrogen) atoms. The van der Waals surface area contributed by atoms with E-state index in [1.54, 1.807) is 6.92 Å². The zero-order valence-electron chi connectivity index (χ0n) is 11.9. The number of hydrogen-bond donors (Lipinski definition) is 3. The van der Waals surface area contributed by atoms with Gasteiger partial charge in [-0.1, -0.05) is 44.2 Å². The second kappa shape index (κ2) is 6.68. The van der Waals surface area contributed by atoms with Crippen LogP contribution in [0, 0.1) is 5.92 Å². The van der Waals surface area contributed by atoms with Crippen molar-refractivity contribution in [2.75, 3.05) is 6.61 Å². The molecule has 0 aliphatic rings. The van der Waals surface area contributed by atoms with Crippen molar-refractivity contribution in [3.05, 3.63) is 35.9 Å². The molecule has 0 aliphatic carbocycles. The number of rotatable bonds is 6. The molecule has 1 aromatic carbocycles. The van der Waals surface area contributed by atoms with Gasteiger partial charge in [0.25, 0.3) is 0 Å². The predicted molar refractivity (Wildman–Crippen MR) is 76.5 cm³/mol. The molecular formula is C15H24N2O2. The molecule has 1 amide bonds. The summed E-state index contributed by atoms with van der Waals surface area (Å²) in [4.78, 5) is 12.1. The Kier molecular flexibility index (Phi) is 5.51. The molecule has 0 spiro atoms. The molecule has 4 nitrogen and oxygen atoms in total. The van der Waals surface area contributed by atoms with Gasteiger partial charge in [0.15, 0.2) is 0 Å². The van der Waals surface area contributed by atoms with Gasteiger partial charge in [0, 0.05) is 0 Å². The van der Waals surface area contributed by atoms with Gasteiger partial charge in [-0.3, -0.25) is 4.79 Å². The van der Waals surface area contributed by atoms with Gasteiger partial charge >= 0.3 is 0 Å². The van der Waals surface area contributed by atoms with Gasteiger partial charge in [0.05, 0.1) is 18.2 Å². The molecule has 0 aromatic heterocycles. The lowest BCUT2D eigenvalue weighted by Gasteiger charge is -2.31. The number of aliphatic hydroxyl groups excluding tert-OH is 1. The van der Waals surface area contributed by atoms with Crippen LogP contribution >= 0.6 is 0 Å². The van der Waals surface area contributed by atoms with E-state index in [1.807, 2.05) is 44.2 Å². The maximum Gasteiger partial charge on any atom is 0.237 e. The Labute approximate surface area is 115 Å². The first kappa shape index (κ1) is 15.7. The number of hydrogen-bond acceptors (Lipinski definition) is 3. The van der Waals surface area contributed by atoms with Gasteiger partial charge in [0.1, 0.15) is 0 Å². The van der Waals surface area contributed by atoms with E-state index in [0.29, 0.717) is 12.3 Å². The molecule has 0 saturated carbocycles. The Balaban J connectivity index is 2.79. The first-order valence-electron chi connectivity index (χ1n) is 6.63. The van der Waals surface area contributed by atoms with E-state index in [9.17, 15) is 9.90 Å². The highest BCUT2D eigenvalue weighted by Crippen LogP contribution is 2.20. The van der Waals surface area contributed by atoms with Crippen LogP contribution < -0.4 is 11.1 Å². The van der Waals surface area contributed by atoms with Crippen LogP contribution in [0.1, 0.15) is 32.8 Å². The lowest BCUT2D eigenvalue weighted by Crippen LogP contribution is -2.52. The van der Waals surface area contributed by atoms with Crippen LogP contribution in [0.3, 0.4) is 0 Å². The largest absolute Gasteiger partial charge is 0.394 e. The van der Waals surface area contributed by atoms with Crippen molar-refractivity contribution >= 4 is 5.91 Å². The van der Waals surface area contributed by atoms with E-state index >= 15 is 0 Å². The highest BCUT2D eigenvalue weighted by atomic mass is 16.3. The van der Waals surface area contributed by atoms with Crippen LogP contribution in [0.25, 0.3) is 0 Å². The van der Waals surface area contributed by atoms with Crippen molar-refractivity contribution in [1.82, 2.24) is 5.32 Å². The van der Waals surface area contributed by atoms with Crippen LogP contribution in [0.4, 0.5) is 0 Å². The fraction of sp³-hybridized carbons (Fsp3) is 0.533. The van der Waals surface area contributed by atoms with Crippen molar-refractivity contribution in [3.8, 4) is 0 Å². The highest BCUT2D eigenvalue weighted by Gasteiger charge is 2.29. The SMILES string of the molecule is CC(C)CC(N)C(=O)NC(C)(CO)c1ccccc1. The van der Waals surface area contributed by atoms with Crippen LogP contribution in [0.5, 0.6) is 0 Å². The maximum atomic E-state index is 12.1. The molecule has 0 heterocycles. The molecule has 2 unspecified atom stereocenters. The van der Waals surface area contributed by atoms with E-state index in [0.717, 1.165) is 5.56 Å². The molecular weight excluding hydrogens is 240 g/mol. The quantitative estimate of drug-likeness (QED) is 0.726. The summed E-state index contributed by atoms with van der Waals surface area (Å²) in [6.45, 7) is 5.67. The fourth-order valence-electron chi connectivity index (χ4n) is 1.99. The predicted octanol–water partition coefficient (Wildman–Crippen LogP) is 1.38. The second-order valence-corrected chi connectivity index (χ2v) is 5.58. The summed E-state index contributed by atoms with van der Waals surface area (Å²) >= 11 is 0. The summed E-state index contributed by atoms with van der Waals surface area (Å²) in [5.41, 5.74) is 5.93. The van der Waals surface area contributed by atoms with Gasteiger partial charge in [-0.2, -0.15) is 0 Å². The lowest BCUT2D eigenvalue weighted by atomic mass is 9.92. The molecule has 1 aromatic rings. The summed E-state index contributed by atoms with van der Waals surface area (Å²) in [5.74, 6) is 0.131. The molecule has 2 atom stereocenters. The molecule has 4 N–H and O–H groups in total. The van der Waals surface area contributed by atoms with Gasteiger partial charge < -0.3 is 16.2 Å². The van der Waals surface area contributed by atoms with E-state index < -0.39 is 11.6 Å². The topological polar surface area (TPSA) is 75.4 Å². The Bertz CT molecular complexity index is 406. The third-order valence-corrected chi connectivity index (χ3v) is 3.19. The van der Waals surface area contributed by atoms with E-state index in [1.165, 1.54) is 0 Å². The van der Waals surface area contributed by atoms with Crippen molar-refractivity contribution in [1.29, 1.82) is 0 Å². The third kappa shape index (κ3) is 4.33. The van der Waals surface area contributed by atoms with E-state index in [-0.39, 0.29) is 12.5 Å². The van der Waals surface area contributed by atoms with Gasteiger partial charge in [-0.15, -0.1) is 0 Å². The maximum absolute atomic E-state index is 12.1. The number of amides is 1. The summed E-state index contributed by atoms with van der Waals surface area (Å²) in [6, 6.07) is 8.87. The molecule has 0 fully saturated rings. The van der Waals surface area contributed by atoms with Crippen LogP contribution in [-0.4, -0.2) is 23.7 Å². The molecule has 4 heteroatoms. The third-order valence-electron chi connectivity index (χ3n) is 3.19. The Hall–Kier alpha value is -1.39. The number of aliphatic hydroxyl groups is 1. The molecule has 0 bridgehead atoms. The Morgan fingerprint density at radius 2 is 1.95 bits per heavy atom. The minimum Gasteiger partial charge on any atom is -0.394 e. The van der Waals surface area contributed by atoms with Crippen molar-refractivity contribution in [3.63, 3.8) is 0 Å². The van der Waals surface area contributed by atoms with Gasteiger partial charge in [-0.25, -0.2) is 0 Å². The summed E-state index contributed by atoms with van der Waals surface area (Å²) < 4.78 is 0. The van der Waals surface area contributed by atoms with Crippen molar-refractivity contribution < 1.29 is 9.90 Å². The average molecular weight is 264 g/mol. The van der Waals surface area contributed by atoms with Gasteiger partial charge in [-0.05, 0) is 24.8 Å². The number of nitrogens with one attached hydrogen (secondary N) is 1.